The molecule has 0 N–H and O–H groups in total. The zero-order valence-electron chi connectivity index (χ0n) is 21.7. The summed E-state index contributed by atoms with van der Waals surface area (Å²) in [4.78, 5) is 0. The average molecular weight is 515 g/mol. The van der Waals surface area contributed by atoms with Crippen molar-refractivity contribution in [3.05, 3.63) is 89.0 Å². The summed E-state index contributed by atoms with van der Waals surface area (Å²) < 4.78 is 67.8. The van der Waals surface area contributed by atoms with Crippen molar-refractivity contribution in [2.45, 2.75) is 65.7 Å². The minimum atomic E-state index is -4.59. The molecule has 2 aliphatic rings. The Balaban J connectivity index is 1.51. The second kappa shape index (κ2) is 10.8. The molecule has 0 aromatic heterocycles. The molecule has 2 nitrogen and oxygen atoms in total. The minimum Gasteiger partial charge on any atom is -0.494 e. The van der Waals surface area contributed by atoms with E-state index in [4.69, 9.17) is 9.47 Å². The van der Waals surface area contributed by atoms with Crippen LogP contribution in [0.3, 0.4) is 0 Å². The van der Waals surface area contributed by atoms with Crippen LogP contribution in [0.2, 0.25) is 0 Å². The molecule has 1 atom stereocenters. The van der Waals surface area contributed by atoms with Gasteiger partial charge in [0.1, 0.15) is 23.9 Å². The van der Waals surface area contributed by atoms with E-state index in [2.05, 4.69) is 26.5 Å². The highest BCUT2D eigenvalue weighted by Crippen LogP contribution is 2.48. The number of benzene rings is 2. The number of alkyl halides is 3. The second-order valence-corrected chi connectivity index (χ2v) is 10.7. The molecular formula is C31H34F4O2. The first-order valence-corrected chi connectivity index (χ1v) is 12.8. The van der Waals surface area contributed by atoms with Gasteiger partial charge in [0.05, 0.1) is 12.2 Å². The molecule has 2 aromatic rings. The highest BCUT2D eigenvalue weighted by atomic mass is 19.4. The van der Waals surface area contributed by atoms with E-state index in [9.17, 15) is 17.6 Å². The van der Waals surface area contributed by atoms with Crippen molar-refractivity contribution in [3.8, 4) is 16.9 Å². The molecule has 0 bridgehead atoms. The average Bonchev–Trinajstić information content (AvgIpc) is 3.47. The van der Waals surface area contributed by atoms with E-state index >= 15 is 0 Å². The largest absolute Gasteiger partial charge is 0.494 e. The van der Waals surface area contributed by atoms with Crippen molar-refractivity contribution >= 4 is 0 Å². The van der Waals surface area contributed by atoms with Gasteiger partial charge in [-0.2, -0.15) is 13.2 Å². The van der Waals surface area contributed by atoms with Crippen LogP contribution in [0.25, 0.3) is 11.1 Å². The fraction of sp³-hybridized carbons (Fsp3) is 0.419. The van der Waals surface area contributed by atoms with Gasteiger partial charge in [0.25, 0.3) is 0 Å². The first-order valence-electron chi connectivity index (χ1n) is 12.8. The first-order chi connectivity index (χ1) is 17.5. The van der Waals surface area contributed by atoms with Gasteiger partial charge in [-0.25, -0.2) is 4.39 Å². The van der Waals surface area contributed by atoms with Gasteiger partial charge in [0, 0.05) is 5.56 Å². The summed E-state index contributed by atoms with van der Waals surface area (Å²) in [6.07, 6.45) is 4.34. The fourth-order valence-electron chi connectivity index (χ4n) is 4.78. The van der Waals surface area contributed by atoms with Crippen LogP contribution in [0.1, 0.15) is 64.0 Å². The quantitative estimate of drug-likeness (QED) is 0.245. The lowest BCUT2D eigenvalue weighted by Gasteiger charge is -2.17. The standard InChI is InChI=1S/C31H34F4O2/c1-5-22-14-20(2)15-24(22)16-21(3)37-19-25-17-23(6-9-29(25)32)27-8-7-26(18-28(27)31(33,34)35)36-13-12-30(4)10-11-30/h5-9,16-18,20H,3,10-15,19H2,1-2,4H3/b22-5-,24-16-. The van der Waals surface area contributed by atoms with Crippen LogP contribution in [-0.2, 0) is 17.5 Å². The Bertz CT molecular complexity index is 1220. The second-order valence-electron chi connectivity index (χ2n) is 10.7. The van der Waals surface area contributed by atoms with E-state index in [1.165, 1.54) is 35.9 Å². The van der Waals surface area contributed by atoms with E-state index in [1.807, 2.05) is 13.0 Å². The molecule has 0 aliphatic heterocycles. The Morgan fingerprint density at radius 1 is 1.11 bits per heavy atom. The molecule has 2 fully saturated rings. The minimum absolute atomic E-state index is 0.0335. The van der Waals surface area contributed by atoms with Gasteiger partial charge in [-0.1, -0.05) is 38.6 Å². The van der Waals surface area contributed by atoms with E-state index in [-0.39, 0.29) is 34.5 Å². The van der Waals surface area contributed by atoms with E-state index in [0.717, 1.165) is 43.7 Å². The van der Waals surface area contributed by atoms with Crippen LogP contribution in [0.15, 0.2) is 72.0 Å². The van der Waals surface area contributed by atoms with Crippen molar-refractivity contribution in [2.24, 2.45) is 11.3 Å². The molecule has 0 saturated heterocycles. The smallest absolute Gasteiger partial charge is 0.417 e. The summed E-state index contributed by atoms with van der Waals surface area (Å²) >= 11 is 0. The molecule has 2 saturated carbocycles. The van der Waals surface area contributed by atoms with Crippen molar-refractivity contribution in [1.29, 1.82) is 0 Å². The van der Waals surface area contributed by atoms with E-state index < -0.39 is 17.6 Å². The van der Waals surface area contributed by atoms with Gasteiger partial charge in [-0.15, -0.1) is 0 Å². The number of ether oxygens (including phenoxy) is 2. The lowest BCUT2D eigenvalue weighted by molar-refractivity contribution is -0.137. The maximum Gasteiger partial charge on any atom is 0.417 e. The van der Waals surface area contributed by atoms with Gasteiger partial charge in [0.2, 0.25) is 0 Å². The predicted molar refractivity (Wildman–Crippen MR) is 138 cm³/mol. The van der Waals surface area contributed by atoms with Crippen LogP contribution in [-0.4, -0.2) is 6.61 Å². The predicted octanol–water partition coefficient (Wildman–Crippen LogP) is 9.41. The van der Waals surface area contributed by atoms with Crippen LogP contribution < -0.4 is 4.74 Å². The molecule has 6 heteroatoms. The van der Waals surface area contributed by atoms with Crippen molar-refractivity contribution in [1.82, 2.24) is 0 Å². The molecule has 198 valence electrons. The molecule has 0 radical (unpaired) electrons. The van der Waals surface area contributed by atoms with Crippen LogP contribution >= 0.6 is 0 Å². The summed E-state index contributed by atoms with van der Waals surface area (Å²) in [5.74, 6) is 0.568. The molecule has 0 amide bonds. The molecule has 37 heavy (non-hydrogen) atoms. The number of halogens is 4. The molecule has 2 aliphatic carbocycles. The van der Waals surface area contributed by atoms with Crippen LogP contribution in [0, 0.1) is 17.2 Å². The lowest BCUT2D eigenvalue weighted by Crippen LogP contribution is -2.09. The Morgan fingerprint density at radius 2 is 1.84 bits per heavy atom. The third kappa shape index (κ3) is 6.85. The number of rotatable bonds is 9. The maximum absolute atomic E-state index is 14.6. The molecule has 0 heterocycles. The SMILES string of the molecule is C=C(/C=C1/CC(C)C/C1=C/C)OCc1cc(-c2ccc(OCCC3(C)CC3)cc2C(F)(F)F)ccc1F. The van der Waals surface area contributed by atoms with Gasteiger partial charge in [0.15, 0.2) is 0 Å². The van der Waals surface area contributed by atoms with Crippen molar-refractivity contribution in [2.75, 3.05) is 6.61 Å². The monoisotopic (exact) mass is 514 g/mol. The Labute approximate surface area is 216 Å². The number of hydrogen-bond acceptors (Lipinski definition) is 2. The highest BCUT2D eigenvalue weighted by Gasteiger charge is 2.37. The molecular weight excluding hydrogens is 480 g/mol. The number of hydrogen-bond donors (Lipinski definition) is 0. The highest BCUT2D eigenvalue weighted by molar-refractivity contribution is 5.70. The maximum atomic E-state index is 14.6. The molecule has 0 spiro atoms. The Hall–Kier alpha value is -3.02. The summed E-state index contributed by atoms with van der Waals surface area (Å²) in [5, 5.41) is 0. The summed E-state index contributed by atoms with van der Waals surface area (Å²) in [6.45, 7) is 10.5. The molecule has 4 rings (SSSR count). The van der Waals surface area contributed by atoms with Crippen LogP contribution in [0.5, 0.6) is 5.75 Å². The zero-order chi connectivity index (χ0) is 26.8. The van der Waals surface area contributed by atoms with Gasteiger partial charge in [-0.3, -0.25) is 0 Å². The van der Waals surface area contributed by atoms with Gasteiger partial charge >= 0.3 is 6.18 Å². The topological polar surface area (TPSA) is 18.5 Å². The Morgan fingerprint density at radius 3 is 2.51 bits per heavy atom. The van der Waals surface area contributed by atoms with Crippen LogP contribution in [0.4, 0.5) is 17.6 Å². The normalized spacial score (nSPS) is 20.9. The first kappa shape index (κ1) is 27.0. The van der Waals surface area contributed by atoms with Crippen molar-refractivity contribution < 1.29 is 27.0 Å². The third-order valence-electron chi connectivity index (χ3n) is 7.38. The number of allylic oxidation sites excluding steroid dienone is 4. The lowest BCUT2D eigenvalue weighted by atomic mass is 9.97. The molecule has 2 aromatic carbocycles. The fourth-order valence-corrected chi connectivity index (χ4v) is 4.78. The Kier molecular flexibility index (Phi) is 7.86. The third-order valence-corrected chi connectivity index (χ3v) is 7.38. The van der Waals surface area contributed by atoms with Gasteiger partial charge < -0.3 is 9.47 Å². The molecule has 1 unspecified atom stereocenters. The van der Waals surface area contributed by atoms with Crippen molar-refractivity contribution in [3.63, 3.8) is 0 Å². The summed E-state index contributed by atoms with van der Waals surface area (Å²) in [5.41, 5.74) is 2.23. The summed E-state index contributed by atoms with van der Waals surface area (Å²) in [6, 6.07) is 7.88. The van der Waals surface area contributed by atoms with E-state index in [1.54, 1.807) is 0 Å². The zero-order valence-corrected chi connectivity index (χ0v) is 21.7. The summed E-state index contributed by atoms with van der Waals surface area (Å²) in [7, 11) is 0. The van der Waals surface area contributed by atoms with Gasteiger partial charge in [-0.05, 0) is 103 Å². The van der Waals surface area contributed by atoms with E-state index in [0.29, 0.717) is 18.3 Å².